The van der Waals surface area contributed by atoms with Crippen LogP contribution in [-0.4, -0.2) is 16.6 Å². The predicted molar refractivity (Wildman–Crippen MR) is 110 cm³/mol. The van der Waals surface area contributed by atoms with E-state index in [2.05, 4.69) is 41.7 Å². The van der Waals surface area contributed by atoms with Crippen LogP contribution in [0.15, 0.2) is 42.5 Å². The molecule has 2 aromatic rings. The van der Waals surface area contributed by atoms with Crippen molar-refractivity contribution in [3.8, 4) is 11.1 Å². The van der Waals surface area contributed by atoms with E-state index in [4.69, 9.17) is 0 Å². The molecule has 2 N–H and O–H groups in total. The van der Waals surface area contributed by atoms with Crippen LogP contribution in [0.4, 0.5) is 5.69 Å². The summed E-state index contributed by atoms with van der Waals surface area (Å²) in [6.07, 6.45) is 7.74. The minimum atomic E-state index is -0.496. The zero-order valence-electron chi connectivity index (χ0n) is 16.2. The van der Waals surface area contributed by atoms with Gasteiger partial charge in [-0.25, -0.2) is 0 Å². The van der Waals surface area contributed by atoms with Crippen molar-refractivity contribution in [1.82, 2.24) is 0 Å². The van der Waals surface area contributed by atoms with Crippen molar-refractivity contribution in [2.75, 3.05) is 5.32 Å². The molecule has 0 aromatic heterocycles. The van der Waals surface area contributed by atoms with E-state index in [1.807, 2.05) is 6.07 Å². The van der Waals surface area contributed by atoms with Crippen LogP contribution in [-0.2, 0) is 11.2 Å². The third-order valence-electron chi connectivity index (χ3n) is 7.76. The Kier molecular flexibility index (Phi) is 3.42. The Bertz CT molecular complexity index is 964. The Labute approximate surface area is 166 Å². The highest BCUT2D eigenvalue weighted by molar-refractivity contribution is 5.92. The van der Waals surface area contributed by atoms with Gasteiger partial charge in [0.2, 0.25) is 5.91 Å². The fourth-order valence-corrected chi connectivity index (χ4v) is 7.38. The summed E-state index contributed by atoms with van der Waals surface area (Å²) in [5.41, 5.74) is 5.69. The number of amides is 1. The molecule has 0 saturated heterocycles. The molecule has 0 radical (unpaired) electrons. The summed E-state index contributed by atoms with van der Waals surface area (Å²) < 4.78 is 0. The van der Waals surface area contributed by atoms with Gasteiger partial charge < -0.3 is 10.4 Å². The first-order valence-corrected chi connectivity index (χ1v) is 10.7. The number of carbonyl (C=O) groups is 1. The molecule has 2 aromatic carbocycles. The number of anilines is 1. The summed E-state index contributed by atoms with van der Waals surface area (Å²) in [6, 6.07) is 14.9. The smallest absolute Gasteiger partial charge is 0.224 e. The molecule has 2 unspecified atom stereocenters. The monoisotopic (exact) mass is 373 g/mol. The predicted octanol–water partition coefficient (Wildman–Crippen LogP) is 4.92. The molecular formula is C25H27NO2. The van der Waals surface area contributed by atoms with Crippen LogP contribution in [0.3, 0.4) is 0 Å². The quantitative estimate of drug-likeness (QED) is 0.685. The van der Waals surface area contributed by atoms with Crippen LogP contribution in [0, 0.1) is 17.3 Å². The Morgan fingerprint density at radius 2 is 1.75 bits per heavy atom. The maximum Gasteiger partial charge on any atom is 0.224 e. The molecule has 28 heavy (non-hydrogen) atoms. The van der Waals surface area contributed by atoms with E-state index in [9.17, 15) is 9.90 Å². The van der Waals surface area contributed by atoms with Gasteiger partial charge in [-0.05, 0) is 96.6 Å². The lowest BCUT2D eigenvalue weighted by atomic mass is 9.47. The first-order valence-electron chi connectivity index (χ1n) is 10.7. The van der Waals surface area contributed by atoms with E-state index in [-0.39, 0.29) is 11.3 Å². The molecule has 1 amide bonds. The fourth-order valence-electron chi connectivity index (χ4n) is 7.38. The number of benzene rings is 2. The van der Waals surface area contributed by atoms with Gasteiger partial charge in [0.25, 0.3) is 0 Å². The molecular weight excluding hydrogens is 346 g/mol. The van der Waals surface area contributed by atoms with Crippen molar-refractivity contribution in [3.63, 3.8) is 0 Å². The molecule has 4 bridgehead atoms. The van der Waals surface area contributed by atoms with Crippen LogP contribution in [0.5, 0.6) is 0 Å². The normalized spacial score (nSPS) is 34.2. The molecule has 5 aliphatic carbocycles. The van der Waals surface area contributed by atoms with Gasteiger partial charge in [-0.2, -0.15) is 0 Å². The number of hydrogen-bond acceptors (Lipinski definition) is 2. The Morgan fingerprint density at radius 3 is 2.54 bits per heavy atom. The molecule has 0 heterocycles. The molecule has 3 heteroatoms. The van der Waals surface area contributed by atoms with E-state index in [1.165, 1.54) is 28.7 Å². The van der Waals surface area contributed by atoms with Crippen LogP contribution in [0.2, 0.25) is 0 Å². The topological polar surface area (TPSA) is 49.3 Å². The molecule has 144 valence electrons. The number of fused-ring (bicyclic) bond motifs is 3. The van der Waals surface area contributed by atoms with Crippen molar-refractivity contribution in [3.05, 3.63) is 53.6 Å². The van der Waals surface area contributed by atoms with Gasteiger partial charge >= 0.3 is 0 Å². The number of carbonyl (C=O) groups excluding carboxylic acids is 1. The van der Waals surface area contributed by atoms with Crippen molar-refractivity contribution in [2.45, 2.75) is 57.0 Å². The number of aliphatic hydroxyl groups is 1. The van der Waals surface area contributed by atoms with E-state index in [0.717, 1.165) is 44.2 Å². The maximum absolute atomic E-state index is 12.9. The van der Waals surface area contributed by atoms with Gasteiger partial charge in [-0.1, -0.05) is 30.3 Å². The first kappa shape index (κ1) is 16.8. The number of rotatable bonds is 3. The standard InChI is InChI=1S/C25H27NO2/c27-23(14-24-10-16-7-17(11-24)13-25(28,12-16)15-24)26-20-5-6-22-19(9-20)8-18-3-1-2-4-21(18)22/h1-6,9,16-17,28H,7-8,10-15H2,(H,26,27). The summed E-state index contributed by atoms with van der Waals surface area (Å²) in [6.45, 7) is 0. The Balaban J connectivity index is 1.19. The Hall–Kier alpha value is -2.13. The van der Waals surface area contributed by atoms with Crippen LogP contribution in [0.1, 0.15) is 56.1 Å². The van der Waals surface area contributed by atoms with Crippen LogP contribution < -0.4 is 5.32 Å². The zero-order chi connectivity index (χ0) is 18.9. The summed E-state index contributed by atoms with van der Waals surface area (Å²) in [7, 11) is 0. The minimum absolute atomic E-state index is 0.0237. The van der Waals surface area contributed by atoms with E-state index < -0.39 is 5.60 Å². The molecule has 4 fully saturated rings. The van der Waals surface area contributed by atoms with Gasteiger partial charge in [0, 0.05) is 12.1 Å². The molecule has 2 atom stereocenters. The van der Waals surface area contributed by atoms with Gasteiger partial charge in [0.1, 0.15) is 0 Å². The number of hydrogen-bond donors (Lipinski definition) is 2. The van der Waals surface area contributed by atoms with Crippen LogP contribution in [0.25, 0.3) is 11.1 Å². The molecule has 4 saturated carbocycles. The second-order valence-electron chi connectivity index (χ2n) is 10.1. The summed E-state index contributed by atoms with van der Waals surface area (Å²) in [5, 5.41) is 14.1. The average Bonchev–Trinajstić information content (AvgIpc) is 2.96. The lowest BCUT2D eigenvalue weighted by molar-refractivity contribution is -0.167. The van der Waals surface area contributed by atoms with Crippen molar-refractivity contribution >= 4 is 11.6 Å². The third kappa shape index (κ3) is 2.63. The highest BCUT2D eigenvalue weighted by atomic mass is 16.3. The van der Waals surface area contributed by atoms with E-state index in [1.54, 1.807) is 0 Å². The van der Waals surface area contributed by atoms with Crippen molar-refractivity contribution in [2.24, 2.45) is 17.3 Å². The van der Waals surface area contributed by atoms with E-state index >= 15 is 0 Å². The Morgan fingerprint density at radius 1 is 1.00 bits per heavy atom. The maximum atomic E-state index is 12.9. The van der Waals surface area contributed by atoms with Gasteiger partial charge in [-0.3, -0.25) is 4.79 Å². The molecule has 5 aliphatic rings. The first-order chi connectivity index (χ1) is 13.5. The summed E-state index contributed by atoms with van der Waals surface area (Å²) in [4.78, 5) is 12.9. The van der Waals surface area contributed by atoms with Gasteiger partial charge in [-0.15, -0.1) is 0 Å². The van der Waals surface area contributed by atoms with Crippen molar-refractivity contribution in [1.29, 1.82) is 0 Å². The molecule has 0 spiro atoms. The second kappa shape index (κ2) is 5.70. The average molecular weight is 373 g/mol. The highest BCUT2D eigenvalue weighted by Gasteiger charge is 2.57. The third-order valence-corrected chi connectivity index (χ3v) is 7.76. The van der Waals surface area contributed by atoms with Gasteiger partial charge in [0.05, 0.1) is 5.60 Å². The fraction of sp³-hybridized carbons (Fsp3) is 0.480. The van der Waals surface area contributed by atoms with E-state index in [0.29, 0.717) is 18.3 Å². The van der Waals surface area contributed by atoms with Crippen LogP contribution >= 0.6 is 0 Å². The van der Waals surface area contributed by atoms with Gasteiger partial charge in [0.15, 0.2) is 0 Å². The molecule has 3 nitrogen and oxygen atoms in total. The lowest BCUT2D eigenvalue weighted by Gasteiger charge is -2.60. The molecule has 7 rings (SSSR count). The largest absolute Gasteiger partial charge is 0.390 e. The highest BCUT2D eigenvalue weighted by Crippen LogP contribution is 2.62. The molecule has 0 aliphatic heterocycles. The zero-order valence-corrected chi connectivity index (χ0v) is 16.2. The minimum Gasteiger partial charge on any atom is -0.390 e. The SMILES string of the molecule is O=C(CC12CC3CC(CC(O)(C3)C1)C2)Nc1ccc2c(c1)Cc1ccccc1-2. The van der Waals surface area contributed by atoms with Crippen molar-refractivity contribution < 1.29 is 9.90 Å². The lowest BCUT2D eigenvalue weighted by Crippen LogP contribution is -2.56. The summed E-state index contributed by atoms with van der Waals surface area (Å²) >= 11 is 0. The second-order valence-corrected chi connectivity index (χ2v) is 10.1. The summed E-state index contributed by atoms with van der Waals surface area (Å²) in [5.74, 6) is 1.36. The number of nitrogens with one attached hydrogen (secondary N) is 1.